The molecule has 1 fully saturated rings. The molecule has 134 valence electrons. The zero-order valence-electron chi connectivity index (χ0n) is 13.4. The Labute approximate surface area is 149 Å². The first-order chi connectivity index (χ1) is 11.9. The molecular weight excluding hydrogens is 351 g/mol. The van der Waals surface area contributed by atoms with Gasteiger partial charge >= 0.3 is 6.18 Å². The van der Waals surface area contributed by atoms with Crippen LogP contribution in [0.3, 0.4) is 0 Å². The summed E-state index contributed by atoms with van der Waals surface area (Å²) in [6, 6.07) is 9.13. The Morgan fingerprint density at radius 3 is 2.44 bits per heavy atom. The Bertz CT molecular complexity index is 710. The van der Waals surface area contributed by atoms with Crippen molar-refractivity contribution in [3.05, 3.63) is 54.0 Å². The highest BCUT2D eigenvalue weighted by Crippen LogP contribution is 2.34. The molecule has 1 aromatic heterocycles. The predicted molar refractivity (Wildman–Crippen MR) is 93.2 cm³/mol. The quantitative estimate of drug-likeness (QED) is 0.832. The SMILES string of the molecule is FC(F)(F)c1ccccc1NC(=S)N1CCN(Cc2ccco2)CC1. The second kappa shape index (κ2) is 7.45. The number of para-hydroxylation sites is 1. The average Bonchev–Trinajstić information content (AvgIpc) is 3.08. The third-order valence-corrected chi connectivity index (χ3v) is 4.45. The first-order valence-corrected chi connectivity index (χ1v) is 8.31. The number of piperazine rings is 1. The number of thiocarbonyl (C=S) groups is 1. The predicted octanol–water partition coefficient (Wildman–Crippen LogP) is 3.81. The molecule has 8 heteroatoms. The number of alkyl halides is 3. The smallest absolute Gasteiger partial charge is 0.418 e. The number of nitrogens with one attached hydrogen (secondary N) is 1. The summed E-state index contributed by atoms with van der Waals surface area (Å²) in [5.41, 5.74) is -0.730. The van der Waals surface area contributed by atoms with Crippen molar-refractivity contribution in [2.45, 2.75) is 12.7 Å². The molecule has 25 heavy (non-hydrogen) atoms. The van der Waals surface area contributed by atoms with Gasteiger partial charge in [-0.15, -0.1) is 0 Å². The van der Waals surface area contributed by atoms with Gasteiger partial charge in [-0.2, -0.15) is 13.2 Å². The lowest BCUT2D eigenvalue weighted by molar-refractivity contribution is -0.136. The van der Waals surface area contributed by atoms with E-state index in [1.807, 2.05) is 17.0 Å². The molecule has 0 bridgehead atoms. The first-order valence-electron chi connectivity index (χ1n) is 7.90. The van der Waals surface area contributed by atoms with Gasteiger partial charge in [-0.1, -0.05) is 12.1 Å². The highest BCUT2D eigenvalue weighted by atomic mass is 32.1. The van der Waals surface area contributed by atoms with Gasteiger partial charge in [-0.3, -0.25) is 4.90 Å². The molecule has 1 saturated heterocycles. The largest absolute Gasteiger partial charge is 0.468 e. The minimum absolute atomic E-state index is 0.0157. The van der Waals surface area contributed by atoms with Gasteiger partial charge < -0.3 is 14.6 Å². The fraction of sp³-hybridized carbons (Fsp3) is 0.353. The molecule has 1 aliphatic heterocycles. The highest BCUT2D eigenvalue weighted by Gasteiger charge is 2.33. The normalized spacial score (nSPS) is 16.0. The number of benzene rings is 1. The Kier molecular flexibility index (Phi) is 5.29. The molecule has 3 rings (SSSR count). The van der Waals surface area contributed by atoms with E-state index in [9.17, 15) is 13.2 Å². The Morgan fingerprint density at radius 1 is 1.08 bits per heavy atom. The van der Waals surface area contributed by atoms with Gasteiger partial charge in [0, 0.05) is 26.2 Å². The zero-order valence-corrected chi connectivity index (χ0v) is 14.2. The van der Waals surface area contributed by atoms with Crippen molar-refractivity contribution in [2.24, 2.45) is 0 Å². The molecular formula is C17H18F3N3OS. The van der Waals surface area contributed by atoms with Gasteiger partial charge in [0.05, 0.1) is 24.1 Å². The van der Waals surface area contributed by atoms with Crippen LogP contribution in [0.1, 0.15) is 11.3 Å². The van der Waals surface area contributed by atoms with Crippen LogP contribution in [0.15, 0.2) is 47.1 Å². The third-order valence-electron chi connectivity index (χ3n) is 4.09. The van der Waals surface area contributed by atoms with Gasteiger partial charge in [0.15, 0.2) is 5.11 Å². The van der Waals surface area contributed by atoms with E-state index in [-0.39, 0.29) is 5.69 Å². The molecule has 1 aromatic carbocycles. The summed E-state index contributed by atoms with van der Waals surface area (Å²) < 4.78 is 44.5. The molecule has 4 nitrogen and oxygen atoms in total. The van der Waals surface area contributed by atoms with Gasteiger partial charge in [-0.25, -0.2) is 0 Å². The maximum atomic E-state index is 13.1. The van der Waals surface area contributed by atoms with E-state index in [1.54, 1.807) is 12.3 Å². The number of halogens is 3. The Hall–Kier alpha value is -2.06. The van der Waals surface area contributed by atoms with Crippen LogP contribution in [0, 0.1) is 0 Å². The van der Waals surface area contributed by atoms with Crippen molar-refractivity contribution in [2.75, 3.05) is 31.5 Å². The second-order valence-corrected chi connectivity index (χ2v) is 6.20. The summed E-state index contributed by atoms with van der Waals surface area (Å²) in [4.78, 5) is 4.11. The van der Waals surface area contributed by atoms with Gasteiger partial charge in [0.2, 0.25) is 0 Å². The van der Waals surface area contributed by atoms with E-state index in [4.69, 9.17) is 16.6 Å². The van der Waals surface area contributed by atoms with Crippen LogP contribution in [-0.2, 0) is 12.7 Å². The minimum Gasteiger partial charge on any atom is -0.468 e. The molecule has 0 radical (unpaired) electrons. The van der Waals surface area contributed by atoms with Crippen molar-refractivity contribution in [3.63, 3.8) is 0 Å². The fourth-order valence-corrected chi connectivity index (χ4v) is 3.06. The van der Waals surface area contributed by atoms with Gasteiger partial charge in [0.25, 0.3) is 0 Å². The molecule has 2 heterocycles. The number of nitrogens with zero attached hydrogens (tertiary/aromatic N) is 2. The van der Waals surface area contributed by atoms with E-state index >= 15 is 0 Å². The van der Waals surface area contributed by atoms with Crippen LogP contribution in [0.2, 0.25) is 0 Å². The van der Waals surface area contributed by atoms with E-state index in [0.717, 1.165) is 31.5 Å². The lowest BCUT2D eigenvalue weighted by Gasteiger charge is -2.36. The molecule has 0 amide bonds. The molecule has 0 aliphatic carbocycles. The van der Waals surface area contributed by atoms with Crippen molar-refractivity contribution < 1.29 is 17.6 Å². The van der Waals surface area contributed by atoms with Crippen LogP contribution in [0.4, 0.5) is 18.9 Å². The van der Waals surface area contributed by atoms with E-state index in [1.165, 1.54) is 12.1 Å². The molecule has 1 aliphatic rings. The Morgan fingerprint density at radius 2 is 1.80 bits per heavy atom. The second-order valence-electron chi connectivity index (χ2n) is 5.82. The van der Waals surface area contributed by atoms with E-state index in [0.29, 0.717) is 18.2 Å². The van der Waals surface area contributed by atoms with E-state index < -0.39 is 11.7 Å². The monoisotopic (exact) mass is 369 g/mol. The zero-order chi connectivity index (χ0) is 17.9. The number of hydrogen-bond acceptors (Lipinski definition) is 3. The summed E-state index contributed by atoms with van der Waals surface area (Å²) in [6.07, 6.45) is -2.77. The summed E-state index contributed by atoms with van der Waals surface area (Å²) in [5, 5.41) is 3.06. The Balaban J connectivity index is 1.57. The average molecular weight is 369 g/mol. The van der Waals surface area contributed by atoms with Crippen LogP contribution < -0.4 is 5.32 Å². The summed E-state index contributed by atoms with van der Waals surface area (Å²) in [7, 11) is 0. The lowest BCUT2D eigenvalue weighted by atomic mass is 10.1. The minimum atomic E-state index is -4.42. The van der Waals surface area contributed by atoms with Crippen molar-refractivity contribution >= 4 is 23.0 Å². The van der Waals surface area contributed by atoms with Crippen LogP contribution >= 0.6 is 12.2 Å². The van der Waals surface area contributed by atoms with Crippen LogP contribution in [0.5, 0.6) is 0 Å². The topological polar surface area (TPSA) is 31.6 Å². The van der Waals surface area contributed by atoms with Crippen LogP contribution in [-0.4, -0.2) is 41.1 Å². The van der Waals surface area contributed by atoms with E-state index in [2.05, 4.69) is 10.2 Å². The molecule has 0 spiro atoms. The maximum absolute atomic E-state index is 13.1. The standard InChI is InChI=1S/C17H18F3N3OS/c18-17(19,20)14-5-1-2-6-15(14)21-16(25)23-9-7-22(8-10-23)12-13-4-3-11-24-13/h1-6,11H,7-10,12H2,(H,21,25). The third kappa shape index (κ3) is 4.52. The first kappa shape index (κ1) is 17.8. The summed E-state index contributed by atoms with van der Waals surface area (Å²) >= 11 is 5.30. The van der Waals surface area contributed by atoms with Crippen molar-refractivity contribution in [3.8, 4) is 0 Å². The van der Waals surface area contributed by atoms with Gasteiger partial charge in [0.1, 0.15) is 5.76 Å². The number of anilines is 1. The van der Waals surface area contributed by atoms with Crippen LogP contribution in [0.25, 0.3) is 0 Å². The molecule has 0 atom stereocenters. The molecule has 0 unspecified atom stereocenters. The maximum Gasteiger partial charge on any atom is 0.418 e. The molecule has 0 saturated carbocycles. The summed E-state index contributed by atoms with van der Waals surface area (Å²) in [5.74, 6) is 0.897. The van der Waals surface area contributed by atoms with Gasteiger partial charge in [-0.05, 0) is 36.5 Å². The van der Waals surface area contributed by atoms with Crippen molar-refractivity contribution in [1.29, 1.82) is 0 Å². The summed E-state index contributed by atoms with van der Waals surface area (Å²) in [6.45, 7) is 3.56. The molecule has 2 aromatic rings. The number of rotatable bonds is 3. The van der Waals surface area contributed by atoms with Crippen molar-refractivity contribution in [1.82, 2.24) is 9.80 Å². The number of furan rings is 1. The highest BCUT2D eigenvalue weighted by molar-refractivity contribution is 7.80. The molecule has 1 N–H and O–H groups in total. The number of hydrogen-bond donors (Lipinski definition) is 1. The lowest BCUT2D eigenvalue weighted by Crippen LogP contribution is -2.49. The fourth-order valence-electron chi connectivity index (χ4n) is 2.77.